The molecule has 0 amide bonds. The molecular formula is C12H20N6. The summed E-state index contributed by atoms with van der Waals surface area (Å²) in [6, 6.07) is 0.0152. The Morgan fingerprint density at radius 3 is 2.61 bits per heavy atom. The lowest BCUT2D eigenvalue weighted by atomic mass is 10.1. The molecule has 0 saturated carbocycles. The molecule has 0 bridgehead atoms. The van der Waals surface area contributed by atoms with E-state index in [1.54, 1.807) is 4.68 Å². The van der Waals surface area contributed by atoms with E-state index in [0.717, 1.165) is 30.1 Å². The van der Waals surface area contributed by atoms with Gasteiger partial charge in [-0.25, -0.2) is 9.67 Å². The number of aryl methyl sites for hydroxylation is 3. The van der Waals surface area contributed by atoms with Crippen molar-refractivity contribution in [1.29, 1.82) is 0 Å². The van der Waals surface area contributed by atoms with Gasteiger partial charge in [-0.15, -0.1) is 0 Å². The van der Waals surface area contributed by atoms with Gasteiger partial charge in [-0.1, -0.05) is 13.8 Å². The lowest BCUT2D eigenvalue weighted by Gasteiger charge is -2.15. The van der Waals surface area contributed by atoms with E-state index in [1.165, 1.54) is 0 Å². The van der Waals surface area contributed by atoms with Crippen LogP contribution in [0.15, 0.2) is 12.4 Å². The summed E-state index contributed by atoms with van der Waals surface area (Å²) in [6.45, 7) is 4.63. The van der Waals surface area contributed by atoms with Gasteiger partial charge >= 0.3 is 0 Å². The first-order valence-electron chi connectivity index (χ1n) is 6.32. The fourth-order valence-corrected chi connectivity index (χ4v) is 2.03. The molecule has 0 saturated heterocycles. The quantitative estimate of drug-likeness (QED) is 0.844. The van der Waals surface area contributed by atoms with E-state index in [0.29, 0.717) is 6.54 Å². The molecule has 0 aliphatic heterocycles. The number of aromatic nitrogens is 5. The highest BCUT2D eigenvalue weighted by molar-refractivity contribution is 5.13. The third-order valence-corrected chi connectivity index (χ3v) is 3.01. The minimum absolute atomic E-state index is 0.0152. The van der Waals surface area contributed by atoms with Gasteiger partial charge in [-0.2, -0.15) is 10.2 Å². The highest BCUT2D eigenvalue weighted by atomic mass is 15.4. The molecule has 2 N–H and O–H groups in total. The maximum absolute atomic E-state index is 5.89. The van der Waals surface area contributed by atoms with Crippen LogP contribution >= 0.6 is 0 Å². The Kier molecular flexibility index (Phi) is 3.76. The molecule has 0 radical (unpaired) electrons. The van der Waals surface area contributed by atoms with Crippen LogP contribution < -0.4 is 5.73 Å². The van der Waals surface area contributed by atoms with E-state index in [2.05, 4.69) is 29.0 Å². The first-order valence-corrected chi connectivity index (χ1v) is 6.32. The summed E-state index contributed by atoms with van der Waals surface area (Å²) in [5.74, 6) is 1.85. The lowest BCUT2D eigenvalue weighted by Crippen LogP contribution is -2.23. The standard InChI is InChI=1S/C12H20N6/c1-4-11-15-12(5-2)18(16-11)10(6-13)9-7-14-17(3)8-9/h7-8,10H,4-6,13H2,1-3H3. The predicted octanol–water partition coefficient (Wildman–Crippen LogP) is 0.684. The van der Waals surface area contributed by atoms with Crippen LogP contribution in [-0.2, 0) is 19.9 Å². The molecule has 2 heterocycles. The molecule has 98 valence electrons. The van der Waals surface area contributed by atoms with E-state index in [1.807, 2.05) is 24.1 Å². The number of nitrogens with two attached hydrogens (primary N) is 1. The van der Waals surface area contributed by atoms with Gasteiger partial charge in [0.2, 0.25) is 0 Å². The number of nitrogens with zero attached hydrogens (tertiary/aromatic N) is 5. The second kappa shape index (κ2) is 5.30. The zero-order valence-corrected chi connectivity index (χ0v) is 11.2. The summed E-state index contributed by atoms with van der Waals surface area (Å²) in [6.07, 6.45) is 5.50. The first-order chi connectivity index (χ1) is 8.69. The molecule has 0 aliphatic rings. The molecule has 6 heteroatoms. The number of hydrogen-bond donors (Lipinski definition) is 1. The van der Waals surface area contributed by atoms with Gasteiger partial charge in [0.05, 0.1) is 12.2 Å². The van der Waals surface area contributed by atoms with Crippen LogP contribution in [0, 0.1) is 0 Å². The summed E-state index contributed by atoms with van der Waals surface area (Å²) in [5, 5.41) is 8.74. The summed E-state index contributed by atoms with van der Waals surface area (Å²) >= 11 is 0. The van der Waals surface area contributed by atoms with E-state index in [4.69, 9.17) is 5.73 Å². The maximum Gasteiger partial charge on any atom is 0.150 e. The summed E-state index contributed by atoms with van der Waals surface area (Å²) in [4.78, 5) is 4.52. The predicted molar refractivity (Wildman–Crippen MR) is 69.2 cm³/mol. The fourth-order valence-electron chi connectivity index (χ4n) is 2.03. The van der Waals surface area contributed by atoms with Crippen molar-refractivity contribution in [2.75, 3.05) is 6.54 Å². The van der Waals surface area contributed by atoms with Crippen molar-refractivity contribution >= 4 is 0 Å². The van der Waals surface area contributed by atoms with E-state index < -0.39 is 0 Å². The van der Waals surface area contributed by atoms with Crippen LogP contribution in [0.25, 0.3) is 0 Å². The Morgan fingerprint density at radius 1 is 1.33 bits per heavy atom. The average molecular weight is 248 g/mol. The fraction of sp³-hybridized carbons (Fsp3) is 0.583. The van der Waals surface area contributed by atoms with Crippen molar-refractivity contribution in [2.45, 2.75) is 32.7 Å². The number of hydrogen-bond acceptors (Lipinski definition) is 4. The van der Waals surface area contributed by atoms with Gasteiger partial charge in [-0.3, -0.25) is 4.68 Å². The maximum atomic E-state index is 5.89. The van der Waals surface area contributed by atoms with Crippen molar-refractivity contribution in [3.8, 4) is 0 Å². The molecule has 0 spiro atoms. The first kappa shape index (κ1) is 12.8. The summed E-state index contributed by atoms with van der Waals surface area (Å²) in [5.41, 5.74) is 6.97. The van der Waals surface area contributed by atoms with Crippen LogP contribution in [0.4, 0.5) is 0 Å². The van der Waals surface area contributed by atoms with Crippen LogP contribution in [0.2, 0.25) is 0 Å². The summed E-state index contributed by atoms with van der Waals surface area (Å²) < 4.78 is 3.72. The minimum atomic E-state index is 0.0152. The molecule has 2 aromatic rings. The van der Waals surface area contributed by atoms with E-state index >= 15 is 0 Å². The van der Waals surface area contributed by atoms with Crippen LogP contribution in [0.3, 0.4) is 0 Å². The molecule has 0 fully saturated rings. The normalized spacial score (nSPS) is 12.9. The third-order valence-electron chi connectivity index (χ3n) is 3.01. The average Bonchev–Trinajstić information content (AvgIpc) is 2.97. The van der Waals surface area contributed by atoms with Gasteiger partial charge in [0.15, 0.2) is 5.82 Å². The van der Waals surface area contributed by atoms with Crippen LogP contribution in [0.5, 0.6) is 0 Å². The smallest absolute Gasteiger partial charge is 0.150 e. The second-order valence-corrected chi connectivity index (χ2v) is 4.29. The molecule has 6 nitrogen and oxygen atoms in total. The molecule has 2 aromatic heterocycles. The highest BCUT2D eigenvalue weighted by Gasteiger charge is 2.19. The van der Waals surface area contributed by atoms with Gasteiger partial charge in [0, 0.05) is 38.2 Å². The zero-order chi connectivity index (χ0) is 13.1. The molecule has 0 aromatic carbocycles. The Labute approximate surface area is 107 Å². The Bertz CT molecular complexity index is 512. The molecular weight excluding hydrogens is 228 g/mol. The third kappa shape index (κ3) is 2.28. The zero-order valence-electron chi connectivity index (χ0n) is 11.2. The van der Waals surface area contributed by atoms with Crippen LogP contribution in [0.1, 0.15) is 37.1 Å². The molecule has 1 atom stereocenters. The van der Waals surface area contributed by atoms with Gasteiger partial charge in [0.1, 0.15) is 5.82 Å². The van der Waals surface area contributed by atoms with Gasteiger partial charge < -0.3 is 5.73 Å². The monoisotopic (exact) mass is 248 g/mol. The van der Waals surface area contributed by atoms with Gasteiger partial charge in [-0.05, 0) is 0 Å². The summed E-state index contributed by atoms with van der Waals surface area (Å²) in [7, 11) is 1.90. The van der Waals surface area contributed by atoms with Crippen molar-refractivity contribution in [1.82, 2.24) is 24.5 Å². The topological polar surface area (TPSA) is 74.6 Å². The van der Waals surface area contributed by atoms with Gasteiger partial charge in [0.25, 0.3) is 0 Å². The molecule has 0 aliphatic carbocycles. The minimum Gasteiger partial charge on any atom is -0.328 e. The van der Waals surface area contributed by atoms with Crippen molar-refractivity contribution in [2.24, 2.45) is 12.8 Å². The van der Waals surface area contributed by atoms with Crippen molar-refractivity contribution in [3.63, 3.8) is 0 Å². The van der Waals surface area contributed by atoms with Crippen molar-refractivity contribution < 1.29 is 0 Å². The molecule has 1 unspecified atom stereocenters. The molecule has 2 rings (SSSR count). The highest BCUT2D eigenvalue weighted by Crippen LogP contribution is 2.18. The number of rotatable bonds is 5. The van der Waals surface area contributed by atoms with E-state index in [-0.39, 0.29) is 6.04 Å². The largest absolute Gasteiger partial charge is 0.328 e. The van der Waals surface area contributed by atoms with Crippen LogP contribution in [-0.4, -0.2) is 31.1 Å². The lowest BCUT2D eigenvalue weighted by molar-refractivity contribution is 0.505. The second-order valence-electron chi connectivity index (χ2n) is 4.29. The SMILES string of the molecule is CCc1nc(CC)n(C(CN)c2cnn(C)c2)n1. The Hall–Kier alpha value is -1.69. The molecule has 18 heavy (non-hydrogen) atoms. The van der Waals surface area contributed by atoms with Crippen molar-refractivity contribution in [3.05, 3.63) is 29.6 Å². The Balaban J connectivity index is 2.40. The van der Waals surface area contributed by atoms with E-state index in [9.17, 15) is 0 Å². The Morgan fingerprint density at radius 2 is 2.11 bits per heavy atom.